The van der Waals surface area contributed by atoms with Gasteiger partial charge < -0.3 is 10.0 Å². The number of likely N-dealkylation sites (N-methyl/N-ethyl adjacent to an activating group) is 1. The maximum atomic E-state index is 10.3. The van der Waals surface area contributed by atoms with Gasteiger partial charge in [0.15, 0.2) is 0 Å². The van der Waals surface area contributed by atoms with E-state index in [0.717, 1.165) is 5.92 Å². The van der Waals surface area contributed by atoms with E-state index in [1.807, 2.05) is 0 Å². The molecule has 0 aliphatic heterocycles. The molecule has 3 atom stereocenters. The monoisotopic (exact) mass is 183 g/mol. The van der Waals surface area contributed by atoms with Crippen LogP contribution in [-0.4, -0.2) is 35.7 Å². The molecule has 2 nitrogen and oxygen atoms in total. The highest BCUT2D eigenvalue weighted by Gasteiger charge is 2.62. The molecule has 2 aliphatic rings. The van der Waals surface area contributed by atoms with E-state index in [9.17, 15) is 5.11 Å². The molecule has 1 N–H and O–H groups in total. The fourth-order valence-electron chi connectivity index (χ4n) is 3.50. The van der Waals surface area contributed by atoms with Gasteiger partial charge in [0.2, 0.25) is 0 Å². The van der Waals surface area contributed by atoms with Crippen LogP contribution in [0, 0.1) is 11.3 Å². The first-order valence-corrected chi connectivity index (χ1v) is 5.27. The fraction of sp³-hybridized carbons (Fsp3) is 1.00. The highest BCUT2D eigenvalue weighted by molar-refractivity contribution is 5.15. The van der Waals surface area contributed by atoms with Crippen LogP contribution in [0.3, 0.4) is 0 Å². The van der Waals surface area contributed by atoms with E-state index in [1.165, 1.54) is 19.3 Å². The number of aliphatic hydroxyl groups is 1. The van der Waals surface area contributed by atoms with Crippen LogP contribution in [0.1, 0.15) is 33.1 Å². The molecular formula is C11H21NO. The Morgan fingerprint density at radius 2 is 1.92 bits per heavy atom. The van der Waals surface area contributed by atoms with Gasteiger partial charge in [-0.2, -0.15) is 0 Å². The lowest BCUT2D eigenvalue weighted by atomic mass is 9.72. The molecule has 0 spiro atoms. The average Bonchev–Trinajstić information content (AvgIpc) is 2.53. The third kappa shape index (κ3) is 0.962. The van der Waals surface area contributed by atoms with Crippen LogP contribution in [0.2, 0.25) is 0 Å². The van der Waals surface area contributed by atoms with Crippen molar-refractivity contribution in [3.63, 3.8) is 0 Å². The fourth-order valence-corrected chi connectivity index (χ4v) is 3.50. The van der Waals surface area contributed by atoms with E-state index in [1.54, 1.807) is 0 Å². The van der Waals surface area contributed by atoms with Gasteiger partial charge in [-0.05, 0) is 44.7 Å². The standard InChI is InChI=1S/C11H21NO/c1-10(2)8-5-6-11(7-8,9(10)13)12(3)4/h8-9,13H,5-7H2,1-4H3/t8-,9-,11-/m0/s1. The summed E-state index contributed by atoms with van der Waals surface area (Å²) in [5.74, 6) is 0.727. The minimum Gasteiger partial charge on any atom is -0.391 e. The predicted molar refractivity (Wildman–Crippen MR) is 53.5 cm³/mol. The van der Waals surface area contributed by atoms with Gasteiger partial charge in [0.25, 0.3) is 0 Å². The van der Waals surface area contributed by atoms with Crippen molar-refractivity contribution in [1.29, 1.82) is 0 Å². The number of nitrogens with zero attached hydrogens (tertiary/aromatic N) is 1. The SMILES string of the molecule is CN(C)[C@@]12CC[C@@H](C1)C(C)(C)[C@@H]2O. The lowest BCUT2D eigenvalue weighted by Crippen LogP contribution is -2.54. The Bertz CT molecular complexity index is 224. The van der Waals surface area contributed by atoms with E-state index in [4.69, 9.17) is 0 Å². The molecule has 2 heteroatoms. The number of aliphatic hydroxyl groups excluding tert-OH is 1. The van der Waals surface area contributed by atoms with Crippen molar-refractivity contribution >= 4 is 0 Å². The molecule has 0 radical (unpaired) electrons. The normalized spacial score (nSPS) is 47.5. The van der Waals surface area contributed by atoms with Crippen LogP contribution < -0.4 is 0 Å². The Morgan fingerprint density at radius 3 is 2.23 bits per heavy atom. The first-order valence-electron chi connectivity index (χ1n) is 5.27. The van der Waals surface area contributed by atoms with Crippen LogP contribution in [-0.2, 0) is 0 Å². The quantitative estimate of drug-likeness (QED) is 0.665. The Hall–Kier alpha value is -0.0800. The molecule has 2 bridgehead atoms. The van der Waals surface area contributed by atoms with E-state index in [2.05, 4.69) is 32.8 Å². The summed E-state index contributed by atoms with van der Waals surface area (Å²) in [4.78, 5) is 2.24. The molecule has 0 aromatic rings. The molecule has 13 heavy (non-hydrogen) atoms. The molecule has 2 saturated carbocycles. The summed E-state index contributed by atoms with van der Waals surface area (Å²) in [5, 5.41) is 10.3. The highest BCUT2D eigenvalue weighted by Crippen LogP contribution is 2.59. The summed E-state index contributed by atoms with van der Waals surface area (Å²) in [6.07, 6.45) is 3.51. The van der Waals surface area contributed by atoms with E-state index >= 15 is 0 Å². The van der Waals surface area contributed by atoms with Crippen molar-refractivity contribution in [1.82, 2.24) is 4.90 Å². The number of hydrogen-bond donors (Lipinski definition) is 1. The van der Waals surface area contributed by atoms with Crippen molar-refractivity contribution in [2.75, 3.05) is 14.1 Å². The van der Waals surface area contributed by atoms with Gasteiger partial charge >= 0.3 is 0 Å². The van der Waals surface area contributed by atoms with Crippen LogP contribution in [0.4, 0.5) is 0 Å². The molecule has 2 fully saturated rings. The zero-order valence-corrected chi connectivity index (χ0v) is 9.17. The topological polar surface area (TPSA) is 23.5 Å². The van der Waals surface area contributed by atoms with E-state index in [0.29, 0.717) is 0 Å². The minimum absolute atomic E-state index is 0.0914. The first-order chi connectivity index (χ1) is 5.91. The summed E-state index contributed by atoms with van der Waals surface area (Å²) in [6, 6.07) is 0. The second-order valence-corrected chi connectivity index (χ2v) is 5.66. The maximum Gasteiger partial charge on any atom is 0.0777 e. The lowest BCUT2D eigenvalue weighted by molar-refractivity contribution is -0.0559. The van der Waals surface area contributed by atoms with Gasteiger partial charge in [-0.3, -0.25) is 0 Å². The third-order valence-corrected chi connectivity index (χ3v) is 4.68. The molecule has 0 aromatic heterocycles. The van der Waals surface area contributed by atoms with Crippen molar-refractivity contribution in [3.05, 3.63) is 0 Å². The van der Waals surface area contributed by atoms with Crippen molar-refractivity contribution in [2.45, 2.75) is 44.8 Å². The number of hydrogen-bond acceptors (Lipinski definition) is 2. The highest BCUT2D eigenvalue weighted by atomic mass is 16.3. The van der Waals surface area contributed by atoms with E-state index < -0.39 is 0 Å². The number of fused-ring (bicyclic) bond motifs is 2. The predicted octanol–water partition coefficient (Wildman–Crippen LogP) is 1.49. The summed E-state index contributed by atoms with van der Waals surface area (Å²) in [5.41, 5.74) is 0.219. The summed E-state index contributed by atoms with van der Waals surface area (Å²) in [7, 11) is 4.21. The van der Waals surface area contributed by atoms with Crippen LogP contribution in [0.15, 0.2) is 0 Å². The first kappa shape index (κ1) is 9.47. The molecular weight excluding hydrogens is 162 g/mol. The zero-order valence-electron chi connectivity index (χ0n) is 9.17. The minimum atomic E-state index is -0.145. The van der Waals surface area contributed by atoms with Crippen molar-refractivity contribution in [2.24, 2.45) is 11.3 Å². The molecule has 0 amide bonds. The molecule has 0 heterocycles. The van der Waals surface area contributed by atoms with Gasteiger partial charge in [-0.15, -0.1) is 0 Å². The molecule has 2 rings (SSSR count). The Labute approximate surface area is 80.9 Å². The van der Waals surface area contributed by atoms with Crippen molar-refractivity contribution < 1.29 is 5.11 Å². The Balaban J connectivity index is 2.34. The zero-order chi connectivity index (χ0) is 9.85. The molecule has 0 aromatic carbocycles. The molecule has 0 unspecified atom stereocenters. The summed E-state index contributed by atoms with van der Waals surface area (Å²) in [6.45, 7) is 4.43. The lowest BCUT2D eigenvalue weighted by Gasteiger charge is -2.44. The Morgan fingerprint density at radius 1 is 1.31 bits per heavy atom. The summed E-state index contributed by atoms with van der Waals surface area (Å²) >= 11 is 0. The van der Waals surface area contributed by atoms with Gasteiger partial charge in [0.1, 0.15) is 0 Å². The van der Waals surface area contributed by atoms with E-state index in [-0.39, 0.29) is 17.1 Å². The Kier molecular flexibility index (Phi) is 1.81. The smallest absolute Gasteiger partial charge is 0.0777 e. The molecule has 2 aliphatic carbocycles. The second-order valence-electron chi connectivity index (χ2n) is 5.66. The van der Waals surface area contributed by atoms with Crippen LogP contribution in [0.25, 0.3) is 0 Å². The average molecular weight is 183 g/mol. The summed E-state index contributed by atoms with van der Waals surface area (Å²) < 4.78 is 0. The van der Waals surface area contributed by atoms with Crippen molar-refractivity contribution in [3.8, 4) is 0 Å². The molecule has 0 saturated heterocycles. The van der Waals surface area contributed by atoms with Gasteiger partial charge in [-0.25, -0.2) is 0 Å². The van der Waals surface area contributed by atoms with Gasteiger partial charge in [0, 0.05) is 5.54 Å². The van der Waals surface area contributed by atoms with Gasteiger partial charge in [-0.1, -0.05) is 13.8 Å². The number of rotatable bonds is 1. The molecule has 76 valence electrons. The second kappa shape index (κ2) is 2.48. The maximum absolute atomic E-state index is 10.3. The van der Waals surface area contributed by atoms with Gasteiger partial charge in [0.05, 0.1) is 6.10 Å². The van der Waals surface area contributed by atoms with Crippen LogP contribution >= 0.6 is 0 Å². The largest absolute Gasteiger partial charge is 0.391 e. The van der Waals surface area contributed by atoms with Crippen LogP contribution in [0.5, 0.6) is 0 Å². The third-order valence-electron chi connectivity index (χ3n) is 4.68.